The number of methoxy groups -OCH3 is 1. The molecule has 1 aromatic heterocycles. The van der Waals surface area contributed by atoms with Crippen LogP contribution in [0.15, 0.2) is 42.2 Å². The van der Waals surface area contributed by atoms with Gasteiger partial charge in [0.15, 0.2) is 5.76 Å². The highest BCUT2D eigenvalue weighted by molar-refractivity contribution is 6.15. The second-order valence-electron chi connectivity index (χ2n) is 7.61. The van der Waals surface area contributed by atoms with E-state index in [0.29, 0.717) is 17.0 Å². The number of carbonyl (C=O) groups is 1. The number of piperazine rings is 1. The van der Waals surface area contributed by atoms with Crippen LogP contribution < -0.4 is 14.8 Å². The van der Waals surface area contributed by atoms with Crippen LogP contribution in [0.4, 0.5) is 0 Å². The molecule has 0 radical (unpaired) electrons. The lowest BCUT2D eigenvalue weighted by Crippen LogP contribution is -2.44. The number of aromatic amines is 1. The summed E-state index contributed by atoms with van der Waals surface area (Å²) >= 11 is 0. The second kappa shape index (κ2) is 7.59. The molecule has 1 saturated heterocycles. The minimum absolute atomic E-state index is 0.0652. The van der Waals surface area contributed by atoms with Crippen molar-refractivity contribution in [2.45, 2.75) is 13.0 Å². The van der Waals surface area contributed by atoms with Crippen LogP contribution in [0.3, 0.4) is 0 Å². The van der Waals surface area contributed by atoms with E-state index in [9.17, 15) is 4.79 Å². The topological polar surface area (TPSA) is 79.5 Å². The molecule has 0 amide bonds. The monoisotopic (exact) mass is 404 g/mol. The number of allylic oxidation sites excluding steroid dienone is 1. The van der Waals surface area contributed by atoms with Gasteiger partial charge < -0.3 is 14.8 Å². The SMILES string of the molecule is COc1ccc2c(c1C(C)N1CCNCC1)O/C(=C\c1n[nH]c3ccccc13)C2=O. The molecule has 0 aliphatic carbocycles. The Bertz CT molecular complexity index is 1140. The Morgan fingerprint density at radius 2 is 2.00 bits per heavy atom. The number of Topliss-reactive ketones (excluding diaryl/α,β-unsaturated/α-hetero) is 1. The Hall–Kier alpha value is -3.16. The maximum Gasteiger partial charge on any atom is 0.232 e. The Morgan fingerprint density at radius 3 is 2.80 bits per heavy atom. The van der Waals surface area contributed by atoms with Crippen molar-refractivity contribution in [3.8, 4) is 11.5 Å². The molecule has 0 saturated carbocycles. The van der Waals surface area contributed by atoms with E-state index in [4.69, 9.17) is 9.47 Å². The molecule has 7 nitrogen and oxygen atoms in total. The summed E-state index contributed by atoms with van der Waals surface area (Å²) in [7, 11) is 1.65. The first-order valence-corrected chi connectivity index (χ1v) is 10.2. The van der Waals surface area contributed by atoms with Crippen LogP contribution in [0, 0.1) is 0 Å². The smallest absolute Gasteiger partial charge is 0.232 e. The highest BCUT2D eigenvalue weighted by Gasteiger charge is 2.35. The molecule has 154 valence electrons. The number of rotatable bonds is 4. The molecule has 2 N–H and O–H groups in total. The van der Waals surface area contributed by atoms with Gasteiger partial charge >= 0.3 is 0 Å². The number of para-hydroxylation sites is 1. The summed E-state index contributed by atoms with van der Waals surface area (Å²) < 4.78 is 11.8. The minimum Gasteiger partial charge on any atom is -0.496 e. The summed E-state index contributed by atoms with van der Waals surface area (Å²) in [6, 6.07) is 11.5. The summed E-state index contributed by atoms with van der Waals surface area (Å²) in [5, 5.41) is 11.7. The number of nitrogens with one attached hydrogen (secondary N) is 2. The van der Waals surface area contributed by atoms with E-state index in [1.54, 1.807) is 19.3 Å². The number of H-pyrrole nitrogens is 1. The molecule has 1 unspecified atom stereocenters. The zero-order valence-electron chi connectivity index (χ0n) is 17.1. The summed E-state index contributed by atoms with van der Waals surface area (Å²) in [5.74, 6) is 1.48. The number of ether oxygens (including phenoxy) is 2. The van der Waals surface area contributed by atoms with E-state index in [2.05, 4.69) is 27.3 Å². The summed E-state index contributed by atoms with van der Waals surface area (Å²) in [5.41, 5.74) is 3.09. The quantitative estimate of drug-likeness (QED) is 0.651. The number of fused-ring (bicyclic) bond motifs is 2. The van der Waals surface area contributed by atoms with Crippen LogP contribution in [-0.2, 0) is 0 Å². The molecule has 0 spiro atoms. The van der Waals surface area contributed by atoms with Crippen LogP contribution in [-0.4, -0.2) is 54.2 Å². The van der Waals surface area contributed by atoms with Crippen molar-refractivity contribution in [2.75, 3.05) is 33.3 Å². The van der Waals surface area contributed by atoms with Crippen molar-refractivity contribution in [3.63, 3.8) is 0 Å². The molecule has 2 aromatic carbocycles. The maximum atomic E-state index is 13.1. The Balaban J connectivity index is 1.55. The number of benzene rings is 2. The third-order valence-electron chi connectivity index (χ3n) is 5.94. The zero-order valence-corrected chi connectivity index (χ0v) is 17.1. The van der Waals surface area contributed by atoms with Crippen molar-refractivity contribution in [1.29, 1.82) is 0 Å². The highest BCUT2D eigenvalue weighted by Crippen LogP contribution is 2.44. The van der Waals surface area contributed by atoms with Crippen LogP contribution in [0.1, 0.15) is 34.6 Å². The largest absolute Gasteiger partial charge is 0.496 e. The van der Waals surface area contributed by atoms with Crippen molar-refractivity contribution >= 4 is 22.8 Å². The van der Waals surface area contributed by atoms with Gasteiger partial charge in [-0.2, -0.15) is 5.10 Å². The lowest BCUT2D eigenvalue weighted by Gasteiger charge is -2.34. The molecule has 7 heteroatoms. The predicted octanol–water partition coefficient (Wildman–Crippen LogP) is 3.15. The molecule has 3 heterocycles. The van der Waals surface area contributed by atoms with Gasteiger partial charge in [-0.15, -0.1) is 0 Å². The molecule has 5 rings (SSSR count). The van der Waals surface area contributed by atoms with Gasteiger partial charge in [-0.05, 0) is 25.1 Å². The highest BCUT2D eigenvalue weighted by atomic mass is 16.5. The molecular weight excluding hydrogens is 380 g/mol. The van der Waals surface area contributed by atoms with E-state index in [0.717, 1.165) is 48.4 Å². The summed E-state index contributed by atoms with van der Waals surface area (Å²) in [6.45, 7) is 5.89. The number of aromatic nitrogens is 2. The zero-order chi connectivity index (χ0) is 20.7. The van der Waals surface area contributed by atoms with Gasteiger partial charge in [0.2, 0.25) is 5.78 Å². The lowest BCUT2D eigenvalue weighted by molar-refractivity contribution is 0.101. The van der Waals surface area contributed by atoms with E-state index in [1.165, 1.54) is 0 Å². The lowest BCUT2D eigenvalue weighted by atomic mass is 9.99. The Kier molecular flexibility index (Phi) is 4.77. The van der Waals surface area contributed by atoms with Gasteiger partial charge in [-0.3, -0.25) is 14.8 Å². The van der Waals surface area contributed by atoms with Gasteiger partial charge in [-0.1, -0.05) is 18.2 Å². The first-order chi connectivity index (χ1) is 14.7. The van der Waals surface area contributed by atoms with Gasteiger partial charge in [0, 0.05) is 43.7 Å². The van der Waals surface area contributed by atoms with Crippen LogP contribution in [0.2, 0.25) is 0 Å². The number of hydrogen-bond donors (Lipinski definition) is 2. The van der Waals surface area contributed by atoms with Crippen molar-refractivity contribution in [1.82, 2.24) is 20.4 Å². The molecule has 1 atom stereocenters. The average molecular weight is 404 g/mol. The van der Waals surface area contributed by atoms with Crippen LogP contribution in [0.5, 0.6) is 11.5 Å². The fourth-order valence-electron chi connectivity index (χ4n) is 4.30. The van der Waals surface area contributed by atoms with Crippen molar-refractivity contribution in [2.24, 2.45) is 0 Å². The van der Waals surface area contributed by atoms with Gasteiger partial charge in [0.25, 0.3) is 0 Å². The number of ketones is 1. The van der Waals surface area contributed by atoms with Crippen molar-refractivity contribution in [3.05, 3.63) is 59.0 Å². The first-order valence-electron chi connectivity index (χ1n) is 10.2. The number of carbonyl (C=O) groups excluding carboxylic acids is 1. The molecule has 2 aliphatic rings. The number of nitrogens with zero attached hydrogens (tertiary/aromatic N) is 2. The van der Waals surface area contributed by atoms with Gasteiger partial charge in [0.05, 0.1) is 29.4 Å². The van der Waals surface area contributed by atoms with Crippen LogP contribution >= 0.6 is 0 Å². The molecule has 30 heavy (non-hydrogen) atoms. The Morgan fingerprint density at radius 1 is 1.20 bits per heavy atom. The maximum absolute atomic E-state index is 13.1. The third kappa shape index (κ3) is 3.07. The summed E-state index contributed by atoms with van der Waals surface area (Å²) in [6.07, 6.45) is 1.72. The van der Waals surface area contributed by atoms with E-state index >= 15 is 0 Å². The van der Waals surface area contributed by atoms with E-state index < -0.39 is 0 Å². The van der Waals surface area contributed by atoms with Crippen LogP contribution in [0.25, 0.3) is 17.0 Å². The number of hydrogen-bond acceptors (Lipinski definition) is 6. The molecule has 2 aliphatic heterocycles. The van der Waals surface area contributed by atoms with Gasteiger partial charge in [0.1, 0.15) is 11.5 Å². The Labute approximate surface area is 174 Å². The molecule has 3 aromatic rings. The predicted molar refractivity (Wildman–Crippen MR) is 115 cm³/mol. The standard InChI is InChI=1S/C23H24N4O3/c1-14(27-11-9-24-10-12-27)21-19(29-2)8-7-16-22(28)20(30-23(16)21)13-18-15-5-3-4-6-17(15)25-26-18/h3-8,13-14,24H,9-12H2,1-2H3,(H,25,26)/b20-13-. The van der Waals surface area contributed by atoms with E-state index in [1.807, 2.05) is 30.3 Å². The third-order valence-corrected chi connectivity index (χ3v) is 5.94. The fraction of sp³-hybridized carbons (Fsp3) is 0.304. The first kappa shape index (κ1) is 18.8. The average Bonchev–Trinajstić information content (AvgIpc) is 3.34. The molecule has 1 fully saturated rings. The molecule has 0 bridgehead atoms. The fourth-order valence-corrected chi connectivity index (χ4v) is 4.30. The normalized spacial score (nSPS) is 19.1. The van der Waals surface area contributed by atoms with E-state index in [-0.39, 0.29) is 17.6 Å². The van der Waals surface area contributed by atoms with Gasteiger partial charge in [-0.25, -0.2) is 0 Å². The second-order valence-corrected chi connectivity index (χ2v) is 7.61. The summed E-state index contributed by atoms with van der Waals surface area (Å²) in [4.78, 5) is 15.5. The minimum atomic E-state index is -0.131. The van der Waals surface area contributed by atoms with Crippen molar-refractivity contribution < 1.29 is 14.3 Å². The molecular formula is C23H24N4O3.